The Hall–Kier alpha value is -2.30. The molecule has 0 atom stereocenters. The molecule has 0 unspecified atom stereocenters. The summed E-state index contributed by atoms with van der Waals surface area (Å²) in [6, 6.07) is 7.65. The lowest BCUT2D eigenvalue weighted by Crippen LogP contribution is -2.12. The fourth-order valence-corrected chi connectivity index (χ4v) is 1.76. The van der Waals surface area contributed by atoms with Gasteiger partial charge in [0.1, 0.15) is 11.4 Å². The van der Waals surface area contributed by atoms with E-state index in [0.717, 1.165) is 11.0 Å². The molecule has 5 nitrogen and oxygen atoms in total. The van der Waals surface area contributed by atoms with Gasteiger partial charge in [0.15, 0.2) is 0 Å². The molecule has 1 aromatic carbocycles. The smallest absolute Gasteiger partial charge is 0.343 e. The summed E-state index contributed by atoms with van der Waals surface area (Å²) in [6.07, 6.45) is 1.70. The van der Waals surface area contributed by atoms with E-state index in [1.54, 1.807) is 18.0 Å². The van der Waals surface area contributed by atoms with Crippen molar-refractivity contribution < 1.29 is 9.53 Å². The maximum Gasteiger partial charge on any atom is 0.343 e. The molecule has 5 heteroatoms. The number of H-pyrrole nitrogens is 1. The lowest BCUT2D eigenvalue weighted by atomic mass is 10.2. The van der Waals surface area contributed by atoms with Crippen molar-refractivity contribution in [1.29, 1.82) is 0 Å². The zero-order chi connectivity index (χ0) is 13.8. The number of nitrogens with zero attached hydrogens (tertiary/aromatic N) is 2. The van der Waals surface area contributed by atoms with E-state index < -0.39 is 0 Å². The molecule has 1 heterocycles. The number of aromatic amines is 1. The Morgan fingerprint density at radius 3 is 2.79 bits per heavy atom. The molecule has 0 saturated carbocycles. The second-order valence-corrected chi connectivity index (χ2v) is 4.33. The molecule has 0 amide bonds. The summed E-state index contributed by atoms with van der Waals surface area (Å²) in [5.41, 5.74) is 2.14. The van der Waals surface area contributed by atoms with Crippen LogP contribution in [-0.2, 0) is 9.53 Å². The van der Waals surface area contributed by atoms with Crippen LogP contribution in [0.4, 0.5) is 0 Å². The standard InChI is InChI=1S/C14H17N3O2/c1-4-19-14(18)10(9-17(2)3)13-15-11-7-5-6-8-12(11)16-13/h5-9H,4H2,1-3H3,(H,15,16). The molecule has 0 aliphatic heterocycles. The van der Waals surface area contributed by atoms with Crippen molar-refractivity contribution in [2.45, 2.75) is 6.92 Å². The number of esters is 1. The molecule has 0 aliphatic rings. The molecule has 0 radical (unpaired) electrons. The van der Waals surface area contributed by atoms with Crippen LogP contribution in [-0.4, -0.2) is 41.5 Å². The van der Waals surface area contributed by atoms with Gasteiger partial charge in [0.2, 0.25) is 0 Å². The second-order valence-electron chi connectivity index (χ2n) is 4.33. The van der Waals surface area contributed by atoms with Crippen molar-refractivity contribution in [2.24, 2.45) is 0 Å². The minimum atomic E-state index is -0.379. The largest absolute Gasteiger partial charge is 0.462 e. The van der Waals surface area contributed by atoms with E-state index in [2.05, 4.69) is 9.97 Å². The predicted molar refractivity (Wildman–Crippen MR) is 74.4 cm³/mol. The molecule has 100 valence electrons. The number of para-hydroxylation sites is 2. The van der Waals surface area contributed by atoms with Gasteiger partial charge in [-0.05, 0) is 19.1 Å². The third-order valence-corrected chi connectivity index (χ3v) is 2.53. The number of carbonyl (C=O) groups excluding carboxylic acids is 1. The van der Waals surface area contributed by atoms with Gasteiger partial charge in [0.05, 0.1) is 17.6 Å². The number of aromatic nitrogens is 2. The van der Waals surface area contributed by atoms with E-state index in [4.69, 9.17) is 4.74 Å². The van der Waals surface area contributed by atoms with E-state index in [9.17, 15) is 4.79 Å². The summed E-state index contributed by atoms with van der Waals surface area (Å²) in [6.45, 7) is 2.12. The van der Waals surface area contributed by atoms with Crippen molar-refractivity contribution in [2.75, 3.05) is 20.7 Å². The summed E-state index contributed by atoms with van der Waals surface area (Å²) in [4.78, 5) is 21.3. The first kappa shape index (κ1) is 13.1. The average molecular weight is 259 g/mol. The minimum absolute atomic E-state index is 0.337. The summed E-state index contributed by atoms with van der Waals surface area (Å²) in [5, 5.41) is 0. The second kappa shape index (κ2) is 5.56. The molecule has 2 rings (SSSR count). The molecule has 19 heavy (non-hydrogen) atoms. The highest BCUT2D eigenvalue weighted by atomic mass is 16.5. The van der Waals surface area contributed by atoms with Crippen molar-refractivity contribution in [1.82, 2.24) is 14.9 Å². The van der Waals surface area contributed by atoms with Crippen LogP contribution in [0.1, 0.15) is 12.7 Å². The average Bonchev–Trinajstić information content (AvgIpc) is 2.79. The van der Waals surface area contributed by atoms with Crippen molar-refractivity contribution in [3.63, 3.8) is 0 Å². The van der Waals surface area contributed by atoms with E-state index in [1.165, 1.54) is 0 Å². The number of carbonyl (C=O) groups is 1. The first-order chi connectivity index (χ1) is 9.11. The van der Waals surface area contributed by atoms with Gasteiger partial charge >= 0.3 is 5.97 Å². The zero-order valence-electron chi connectivity index (χ0n) is 11.3. The number of rotatable bonds is 4. The third-order valence-electron chi connectivity index (χ3n) is 2.53. The number of nitrogens with one attached hydrogen (secondary N) is 1. The molecule has 0 saturated heterocycles. The monoisotopic (exact) mass is 259 g/mol. The molecule has 1 aromatic heterocycles. The summed E-state index contributed by atoms with van der Waals surface area (Å²) >= 11 is 0. The number of ether oxygens (including phenoxy) is 1. The van der Waals surface area contributed by atoms with Crippen LogP contribution in [0.5, 0.6) is 0 Å². The predicted octanol–water partition coefficient (Wildman–Crippen LogP) is 2.03. The topological polar surface area (TPSA) is 58.2 Å². The van der Waals surface area contributed by atoms with Crippen molar-refractivity contribution in [3.8, 4) is 0 Å². The van der Waals surface area contributed by atoms with E-state index in [0.29, 0.717) is 18.0 Å². The Kier molecular flexibility index (Phi) is 3.85. The van der Waals surface area contributed by atoms with Crippen molar-refractivity contribution in [3.05, 3.63) is 36.3 Å². The van der Waals surface area contributed by atoms with E-state index in [-0.39, 0.29) is 5.97 Å². The van der Waals surface area contributed by atoms with Crippen LogP contribution >= 0.6 is 0 Å². The summed E-state index contributed by atoms with van der Waals surface area (Å²) < 4.78 is 5.06. The van der Waals surface area contributed by atoms with Gasteiger partial charge in [-0.3, -0.25) is 0 Å². The number of imidazole rings is 1. The fraction of sp³-hybridized carbons (Fsp3) is 0.286. The minimum Gasteiger partial charge on any atom is -0.462 e. The van der Waals surface area contributed by atoms with Gasteiger partial charge in [0.25, 0.3) is 0 Å². The van der Waals surface area contributed by atoms with Crippen LogP contribution in [0.15, 0.2) is 30.5 Å². The first-order valence-corrected chi connectivity index (χ1v) is 6.12. The molecular weight excluding hydrogens is 242 g/mol. The van der Waals surface area contributed by atoms with Gasteiger partial charge in [0, 0.05) is 20.3 Å². The highest BCUT2D eigenvalue weighted by Crippen LogP contribution is 2.18. The van der Waals surface area contributed by atoms with Crippen LogP contribution in [0, 0.1) is 0 Å². The molecule has 0 spiro atoms. The Morgan fingerprint density at radius 2 is 2.16 bits per heavy atom. The van der Waals surface area contributed by atoms with Crippen molar-refractivity contribution >= 4 is 22.6 Å². The van der Waals surface area contributed by atoms with Gasteiger partial charge in [-0.1, -0.05) is 12.1 Å². The van der Waals surface area contributed by atoms with E-state index in [1.807, 2.05) is 38.4 Å². The number of hydrogen-bond acceptors (Lipinski definition) is 4. The van der Waals surface area contributed by atoms with Gasteiger partial charge in [-0.2, -0.15) is 0 Å². The Bertz CT molecular complexity index is 581. The normalized spacial score (nSPS) is 11.6. The summed E-state index contributed by atoms with van der Waals surface area (Å²) in [5.74, 6) is 0.142. The quantitative estimate of drug-likeness (QED) is 0.674. The zero-order valence-corrected chi connectivity index (χ0v) is 11.3. The number of fused-ring (bicyclic) bond motifs is 1. The fourth-order valence-electron chi connectivity index (χ4n) is 1.76. The van der Waals surface area contributed by atoms with Gasteiger partial charge < -0.3 is 14.6 Å². The molecular formula is C14H17N3O2. The lowest BCUT2D eigenvalue weighted by molar-refractivity contribution is -0.136. The highest BCUT2D eigenvalue weighted by molar-refractivity contribution is 6.15. The van der Waals surface area contributed by atoms with E-state index >= 15 is 0 Å². The van der Waals surface area contributed by atoms with Crippen LogP contribution in [0.25, 0.3) is 16.6 Å². The SMILES string of the molecule is CCOC(=O)C(=CN(C)C)c1nc2ccccc2[nH]1. The Morgan fingerprint density at radius 1 is 1.42 bits per heavy atom. The molecule has 1 N–H and O–H groups in total. The summed E-state index contributed by atoms with van der Waals surface area (Å²) in [7, 11) is 3.70. The van der Waals surface area contributed by atoms with Crippen LogP contribution < -0.4 is 0 Å². The Labute approximate surface area is 111 Å². The molecule has 0 fully saturated rings. The maximum absolute atomic E-state index is 12.0. The van der Waals surface area contributed by atoms with Gasteiger partial charge in [-0.15, -0.1) is 0 Å². The van der Waals surface area contributed by atoms with Crippen LogP contribution in [0.2, 0.25) is 0 Å². The highest BCUT2D eigenvalue weighted by Gasteiger charge is 2.17. The number of hydrogen-bond donors (Lipinski definition) is 1. The molecule has 0 aliphatic carbocycles. The first-order valence-electron chi connectivity index (χ1n) is 6.12. The number of benzene rings is 1. The third kappa shape index (κ3) is 2.93. The molecule has 0 bridgehead atoms. The Balaban J connectivity index is 2.45. The molecule has 2 aromatic rings. The van der Waals surface area contributed by atoms with Crippen LogP contribution in [0.3, 0.4) is 0 Å². The maximum atomic E-state index is 12.0. The van der Waals surface area contributed by atoms with Gasteiger partial charge in [-0.25, -0.2) is 9.78 Å². The lowest BCUT2D eigenvalue weighted by Gasteiger charge is -2.09.